The maximum absolute atomic E-state index is 14.0. The Balaban J connectivity index is 1.41. The van der Waals surface area contributed by atoms with E-state index in [2.05, 4.69) is 21.0 Å². The van der Waals surface area contributed by atoms with Crippen LogP contribution >= 0.6 is 0 Å². The first-order valence-electron chi connectivity index (χ1n) is 11.3. The molecule has 1 saturated heterocycles. The van der Waals surface area contributed by atoms with Crippen molar-refractivity contribution in [2.75, 3.05) is 20.2 Å². The quantitative estimate of drug-likeness (QED) is 0.457. The van der Waals surface area contributed by atoms with Crippen LogP contribution in [0.2, 0.25) is 0 Å². The average molecular weight is 484 g/mol. The number of rotatable bonds is 8. The summed E-state index contributed by atoms with van der Waals surface area (Å²) in [6, 6.07) is 12.4. The van der Waals surface area contributed by atoms with Crippen molar-refractivity contribution in [3.8, 4) is 17.0 Å². The molecule has 0 spiro atoms. The molecule has 2 heterocycles. The van der Waals surface area contributed by atoms with Crippen LogP contribution in [-0.4, -0.2) is 47.3 Å². The van der Waals surface area contributed by atoms with Gasteiger partial charge in [0, 0.05) is 29.9 Å². The Labute approximate surface area is 201 Å². The van der Waals surface area contributed by atoms with E-state index < -0.39 is 23.1 Å². The van der Waals surface area contributed by atoms with Crippen molar-refractivity contribution < 1.29 is 23.1 Å². The molecule has 4 rings (SSSR count). The Morgan fingerprint density at radius 1 is 1.11 bits per heavy atom. The molecule has 0 radical (unpaired) electrons. The van der Waals surface area contributed by atoms with Crippen molar-refractivity contribution in [3.63, 3.8) is 0 Å². The Morgan fingerprint density at radius 2 is 1.86 bits per heavy atom. The monoisotopic (exact) mass is 483 g/mol. The summed E-state index contributed by atoms with van der Waals surface area (Å²) >= 11 is 0. The van der Waals surface area contributed by atoms with Gasteiger partial charge in [-0.05, 0) is 62.3 Å². The van der Waals surface area contributed by atoms with Crippen molar-refractivity contribution in [2.45, 2.75) is 31.5 Å². The second-order valence-corrected chi connectivity index (χ2v) is 8.43. The van der Waals surface area contributed by atoms with Crippen molar-refractivity contribution in [2.24, 2.45) is 0 Å². The minimum Gasteiger partial charge on any atom is -0.497 e. The number of carbonyl (C=O) groups excluding carboxylic acids is 2. The van der Waals surface area contributed by atoms with Gasteiger partial charge in [-0.3, -0.25) is 14.3 Å². The van der Waals surface area contributed by atoms with E-state index in [1.54, 1.807) is 19.4 Å². The van der Waals surface area contributed by atoms with Crippen molar-refractivity contribution in [1.82, 2.24) is 25.7 Å². The zero-order chi connectivity index (χ0) is 24.8. The van der Waals surface area contributed by atoms with E-state index in [0.717, 1.165) is 23.4 Å². The average Bonchev–Trinajstić information content (AvgIpc) is 3.32. The summed E-state index contributed by atoms with van der Waals surface area (Å²) in [5.74, 6) is -1.45. The van der Waals surface area contributed by atoms with Crippen LogP contribution < -0.4 is 20.7 Å². The zero-order valence-electron chi connectivity index (χ0n) is 19.3. The number of carbonyl (C=O) groups is 2. The molecule has 1 aliphatic rings. The fraction of sp³-hybridized carbons (Fsp3) is 0.320. The van der Waals surface area contributed by atoms with Gasteiger partial charge in [0.15, 0.2) is 0 Å². The highest BCUT2D eigenvalue weighted by Crippen LogP contribution is 2.22. The molecule has 1 aliphatic heterocycles. The molecular formula is C25H27F2N5O3. The van der Waals surface area contributed by atoms with Crippen LogP contribution in [0.25, 0.3) is 11.3 Å². The van der Waals surface area contributed by atoms with E-state index in [1.165, 1.54) is 10.7 Å². The largest absolute Gasteiger partial charge is 0.497 e. The normalized spacial score (nSPS) is 14.8. The van der Waals surface area contributed by atoms with Crippen LogP contribution in [0.15, 0.2) is 54.7 Å². The third-order valence-electron chi connectivity index (χ3n) is 6.06. The molecule has 2 aromatic carbocycles. The number of methoxy groups -OCH3 is 1. The lowest BCUT2D eigenvalue weighted by Gasteiger charge is -2.37. The number of nitrogens with zero attached hydrogens (tertiary/aromatic N) is 2. The first-order valence-corrected chi connectivity index (χ1v) is 11.3. The summed E-state index contributed by atoms with van der Waals surface area (Å²) < 4.78 is 33.8. The molecule has 184 valence electrons. The van der Waals surface area contributed by atoms with Crippen molar-refractivity contribution >= 4 is 11.8 Å². The molecule has 3 aromatic rings. The number of halogens is 2. The third kappa shape index (κ3) is 5.83. The highest BCUT2D eigenvalue weighted by molar-refractivity contribution is 5.91. The fourth-order valence-electron chi connectivity index (χ4n) is 4.09. The number of piperidine rings is 1. The van der Waals surface area contributed by atoms with Gasteiger partial charge in [0.05, 0.1) is 12.8 Å². The fourth-order valence-corrected chi connectivity index (χ4v) is 4.09. The molecule has 1 fully saturated rings. The molecule has 1 aromatic heterocycles. The van der Waals surface area contributed by atoms with E-state index in [0.29, 0.717) is 31.6 Å². The minimum atomic E-state index is -1.13. The lowest BCUT2D eigenvalue weighted by Crippen LogP contribution is -2.63. The van der Waals surface area contributed by atoms with Crippen LogP contribution in [0.1, 0.15) is 18.4 Å². The van der Waals surface area contributed by atoms with Gasteiger partial charge < -0.3 is 20.7 Å². The van der Waals surface area contributed by atoms with Crippen LogP contribution in [-0.2, 0) is 22.7 Å². The first kappa shape index (κ1) is 24.3. The number of ether oxygens (including phenoxy) is 1. The Kier molecular flexibility index (Phi) is 7.40. The van der Waals surface area contributed by atoms with E-state index >= 15 is 0 Å². The molecule has 0 atom stereocenters. The standard InChI is InChI=1S/C25H27F2N5O3/c1-35-20-6-3-17(4-7-20)22-8-13-32(31-22)16-23(33)30-25(9-11-28-12-10-25)24(34)29-15-18-2-5-19(26)14-21(18)27/h2-8,13-14,28H,9-12,15-16H2,1H3,(H,29,34)(H,30,33). The number of amides is 2. The molecular weight excluding hydrogens is 456 g/mol. The Morgan fingerprint density at radius 3 is 2.54 bits per heavy atom. The SMILES string of the molecule is COc1ccc(-c2ccn(CC(=O)NC3(C(=O)NCc4ccc(F)cc4F)CCNCC3)n2)cc1. The molecule has 8 nitrogen and oxygen atoms in total. The number of aromatic nitrogens is 2. The molecule has 3 N–H and O–H groups in total. The summed E-state index contributed by atoms with van der Waals surface area (Å²) in [6.45, 7) is 0.912. The van der Waals surface area contributed by atoms with Gasteiger partial charge in [-0.1, -0.05) is 6.07 Å². The summed E-state index contributed by atoms with van der Waals surface area (Å²) in [5.41, 5.74) is 0.617. The van der Waals surface area contributed by atoms with Gasteiger partial charge in [0.1, 0.15) is 29.5 Å². The van der Waals surface area contributed by atoms with Gasteiger partial charge in [0.25, 0.3) is 0 Å². The predicted molar refractivity (Wildman–Crippen MR) is 125 cm³/mol. The summed E-state index contributed by atoms with van der Waals surface area (Å²) in [6.07, 6.45) is 2.46. The predicted octanol–water partition coefficient (Wildman–Crippen LogP) is 2.39. The smallest absolute Gasteiger partial charge is 0.246 e. The molecule has 2 amide bonds. The van der Waals surface area contributed by atoms with E-state index in [1.807, 2.05) is 24.3 Å². The van der Waals surface area contributed by atoms with Gasteiger partial charge in [-0.15, -0.1) is 0 Å². The zero-order valence-corrected chi connectivity index (χ0v) is 19.3. The van der Waals surface area contributed by atoms with E-state index in [9.17, 15) is 18.4 Å². The summed E-state index contributed by atoms with van der Waals surface area (Å²) in [4.78, 5) is 26.0. The Bertz CT molecular complexity index is 1190. The summed E-state index contributed by atoms with van der Waals surface area (Å²) in [7, 11) is 1.60. The van der Waals surface area contributed by atoms with Gasteiger partial charge >= 0.3 is 0 Å². The maximum Gasteiger partial charge on any atom is 0.246 e. The van der Waals surface area contributed by atoms with Gasteiger partial charge in [-0.2, -0.15) is 5.10 Å². The number of benzene rings is 2. The molecule has 0 unspecified atom stereocenters. The van der Waals surface area contributed by atoms with Crippen molar-refractivity contribution in [3.05, 3.63) is 71.9 Å². The molecule has 0 saturated carbocycles. The molecule has 0 aliphatic carbocycles. The lowest BCUT2D eigenvalue weighted by molar-refractivity contribution is -0.135. The number of hydrogen-bond donors (Lipinski definition) is 3. The van der Waals surface area contributed by atoms with Crippen molar-refractivity contribution in [1.29, 1.82) is 0 Å². The molecule has 35 heavy (non-hydrogen) atoms. The molecule has 0 bridgehead atoms. The van der Waals surface area contributed by atoms with Crippen LogP contribution in [0, 0.1) is 11.6 Å². The topological polar surface area (TPSA) is 97.3 Å². The molecule has 10 heteroatoms. The highest BCUT2D eigenvalue weighted by atomic mass is 19.1. The van der Waals surface area contributed by atoms with Gasteiger partial charge in [0.2, 0.25) is 11.8 Å². The van der Waals surface area contributed by atoms with E-state index in [4.69, 9.17) is 4.74 Å². The minimum absolute atomic E-state index is 0.0643. The number of hydrogen-bond acceptors (Lipinski definition) is 5. The first-order chi connectivity index (χ1) is 16.9. The van der Waals surface area contributed by atoms with E-state index in [-0.39, 0.29) is 24.6 Å². The number of nitrogens with one attached hydrogen (secondary N) is 3. The Hall–Kier alpha value is -3.79. The van der Waals surface area contributed by atoms with Crippen LogP contribution in [0.3, 0.4) is 0 Å². The lowest BCUT2D eigenvalue weighted by atomic mass is 9.87. The third-order valence-corrected chi connectivity index (χ3v) is 6.06. The second kappa shape index (κ2) is 10.6. The van der Waals surface area contributed by atoms with Crippen LogP contribution in [0.4, 0.5) is 8.78 Å². The highest BCUT2D eigenvalue weighted by Gasteiger charge is 2.40. The maximum atomic E-state index is 14.0. The summed E-state index contributed by atoms with van der Waals surface area (Å²) in [5, 5.41) is 13.2. The second-order valence-electron chi connectivity index (χ2n) is 8.43. The van der Waals surface area contributed by atoms with Crippen LogP contribution in [0.5, 0.6) is 5.75 Å². The van der Waals surface area contributed by atoms with Gasteiger partial charge in [-0.25, -0.2) is 8.78 Å².